The molecule has 0 saturated carbocycles. The van der Waals surface area contributed by atoms with Crippen LogP contribution in [-0.2, 0) is 14.3 Å². The lowest BCUT2D eigenvalue weighted by Gasteiger charge is -2.28. The Kier molecular flexibility index (Phi) is 6.22. The third-order valence-corrected chi connectivity index (χ3v) is 3.56. The number of anilines is 1. The Labute approximate surface area is 144 Å². The molecule has 0 aliphatic rings. The highest BCUT2D eigenvalue weighted by Gasteiger charge is 2.48. The van der Waals surface area contributed by atoms with Crippen LogP contribution >= 0.6 is 0 Å². The Hall–Kier alpha value is -2.76. The number of hydrogen-bond donors (Lipinski definition) is 1. The van der Waals surface area contributed by atoms with Crippen LogP contribution in [0.4, 0.5) is 14.5 Å². The molecule has 0 bridgehead atoms. The molecule has 0 aliphatic heterocycles. The number of alkyl halides is 2. The van der Waals surface area contributed by atoms with E-state index in [0.29, 0.717) is 5.69 Å². The minimum absolute atomic E-state index is 0.0298. The van der Waals surface area contributed by atoms with Crippen LogP contribution in [0.2, 0.25) is 0 Å². The number of halogens is 2. The van der Waals surface area contributed by atoms with Crippen molar-refractivity contribution in [2.45, 2.75) is 25.3 Å². The van der Waals surface area contributed by atoms with Gasteiger partial charge in [0.1, 0.15) is 12.5 Å². The summed E-state index contributed by atoms with van der Waals surface area (Å²) >= 11 is 0. The Morgan fingerprint density at radius 1 is 1.04 bits per heavy atom. The van der Waals surface area contributed by atoms with Crippen LogP contribution in [0.5, 0.6) is 0 Å². The van der Waals surface area contributed by atoms with E-state index in [-0.39, 0.29) is 12.2 Å². The molecule has 1 unspecified atom stereocenters. The fourth-order valence-electron chi connectivity index (χ4n) is 2.35. The zero-order chi connectivity index (χ0) is 18.3. The topological polar surface area (TPSA) is 55.4 Å². The molecular formula is C19H19F2NO3. The van der Waals surface area contributed by atoms with Crippen molar-refractivity contribution in [3.63, 3.8) is 0 Å². The van der Waals surface area contributed by atoms with Crippen molar-refractivity contribution >= 4 is 17.4 Å². The molecule has 4 nitrogen and oxygen atoms in total. The maximum absolute atomic E-state index is 14.8. The molecule has 132 valence electrons. The van der Waals surface area contributed by atoms with E-state index in [4.69, 9.17) is 0 Å². The van der Waals surface area contributed by atoms with Crippen molar-refractivity contribution in [2.75, 3.05) is 11.9 Å². The lowest BCUT2D eigenvalue weighted by atomic mass is 9.95. The maximum atomic E-state index is 14.8. The summed E-state index contributed by atoms with van der Waals surface area (Å²) in [7, 11) is 0. The Bertz CT molecular complexity index is 705. The minimum atomic E-state index is -3.79. The number of esters is 1. The number of benzene rings is 2. The first-order chi connectivity index (χ1) is 11.9. The van der Waals surface area contributed by atoms with Gasteiger partial charge in [-0.05, 0) is 24.6 Å². The first kappa shape index (κ1) is 18.6. The predicted molar refractivity (Wildman–Crippen MR) is 90.5 cm³/mol. The van der Waals surface area contributed by atoms with Crippen molar-refractivity contribution < 1.29 is 23.1 Å². The van der Waals surface area contributed by atoms with Gasteiger partial charge >= 0.3 is 11.9 Å². The number of nitrogens with one attached hydrogen (secondary N) is 1. The molecule has 0 heterocycles. The van der Waals surface area contributed by atoms with Gasteiger partial charge in [0.25, 0.3) is 0 Å². The van der Waals surface area contributed by atoms with Gasteiger partial charge < -0.3 is 10.1 Å². The normalized spacial score (nSPS) is 12.3. The summed E-state index contributed by atoms with van der Waals surface area (Å²) in [5.41, 5.74) is 0.688. The lowest BCUT2D eigenvalue weighted by Crippen LogP contribution is -2.41. The predicted octanol–water partition coefficient (Wildman–Crippen LogP) is 4.00. The van der Waals surface area contributed by atoms with Crippen molar-refractivity contribution in [1.82, 2.24) is 0 Å². The Morgan fingerprint density at radius 3 is 2.16 bits per heavy atom. The first-order valence-electron chi connectivity index (χ1n) is 7.88. The number of ketones is 1. The second-order valence-corrected chi connectivity index (χ2v) is 5.38. The molecule has 0 saturated heterocycles. The quantitative estimate of drug-likeness (QED) is 0.579. The van der Waals surface area contributed by atoms with Crippen molar-refractivity contribution in [1.29, 1.82) is 0 Å². The number of carbonyl (C=O) groups is 2. The number of ether oxygens (including phenoxy) is 1. The third kappa shape index (κ3) is 4.86. The second kappa shape index (κ2) is 8.37. The van der Waals surface area contributed by atoms with Gasteiger partial charge in [0.05, 0.1) is 6.61 Å². The van der Waals surface area contributed by atoms with Gasteiger partial charge in [0, 0.05) is 5.69 Å². The lowest BCUT2D eigenvalue weighted by molar-refractivity contribution is -0.155. The van der Waals surface area contributed by atoms with Gasteiger partial charge in [0.2, 0.25) is 5.78 Å². The van der Waals surface area contributed by atoms with Crippen molar-refractivity contribution in [3.8, 4) is 0 Å². The van der Waals surface area contributed by atoms with Crippen molar-refractivity contribution in [3.05, 3.63) is 66.2 Å². The largest absolute Gasteiger partial charge is 0.466 e. The van der Waals surface area contributed by atoms with Gasteiger partial charge in [-0.2, -0.15) is 8.78 Å². The van der Waals surface area contributed by atoms with E-state index in [2.05, 4.69) is 10.1 Å². The molecule has 2 aromatic rings. The second-order valence-electron chi connectivity index (χ2n) is 5.38. The molecule has 2 aromatic carbocycles. The van der Waals surface area contributed by atoms with Crippen LogP contribution in [0.15, 0.2) is 60.7 Å². The summed E-state index contributed by atoms with van der Waals surface area (Å²) in [6, 6.07) is 14.7. The van der Waals surface area contributed by atoms with Gasteiger partial charge in [-0.15, -0.1) is 0 Å². The molecular weight excluding hydrogens is 328 g/mol. The summed E-state index contributed by atoms with van der Waals surface area (Å²) in [5, 5.41) is 2.70. The average molecular weight is 347 g/mol. The highest BCUT2D eigenvalue weighted by atomic mass is 19.3. The number of carbonyl (C=O) groups excluding carboxylic acids is 2. The molecule has 0 spiro atoms. The SMILES string of the molecule is CCOC(=O)CC(=O)C(F)(F)C(Nc1ccccc1)c1ccccc1. The number of rotatable bonds is 8. The molecule has 25 heavy (non-hydrogen) atoms. The summed E-state index contributed by atoms with van der Waals surface area (Å²) in [6.07, 6.45) is -0.972. The Morgan fingerprint density at radius 2 is 1.60 bits per heavy atom. The fourth-order valence-corrected chi connectivity index (χ4v) is 2.35. The molecule has 1 atom stereocenters. The van der Waals surface area contributed by atoms with Crippen LogP contribution in [-0.4, -0.2) is 24.3 Å². The average Bonchev–Trinajstić information content (AvgIpc) is 2.61. The highest BCUT2D eigenvalue weighted by Crippen LogP contribution is 2.36. The third-order valence-electron chi connectivity index (χ3n) is 3.56. The van der Waals surface area contributed by atoms with Crippen LogP contribution in [0.3, 0.4) is 0 Å². The standard InChI is InChI=1S/C19H19F2NO3/c1-2-25-17(24)13-16(23)19(20,21)18(14-9-5-3-6-10-14)22-15-11-7-4-8-12-15/h3-12,18,22H,2,13H2,1H3. The molecule has 1 N–H and O–H groups in total. The summed E-state index contributed by atoms with van der Waals surface area (Å²) in [5.74, 6) is -6.23. The summed E-state index contributed by atoms with van der Waals surface area (Å²) < 4.78 is 34.3. The first-order valence-corrected chi connectivity index (χ1v) is 7.88. The molecule has 0 fully saturated rings. The molecule has 2 rings (SSSR count). The molecule has 0 amide bonds. The van der Waals surface area contributed by atoms with Crippen LogP contribution < -0.4 is 5.32 Å². The number of hydrogen-bond acceptors (Lipinski definition) is 4. The van der Waals surface area contributed by atoms with Crippen LogP contribution in [0.25, 0.3) is 0 Å². The van der Waals surface area contributed by atoms with Gasteiger partial charge in [-0.1, -0.05) is 48.5 Å². The van der Waals surface area contributed by atoms with E-state index in [0.717, 1.165) is 0 Å². The molecule has 6 heteroatoms. The van der Waals surface area contributed by atoms with Crippen molar-refractivity contribution in [2.24, 2.45) is 0 Å². The smallest absolute Gasteiger partial charge is 0.329 e. The zero-order valence-electron chi connectivity index (χ0n) is 13.7. The summed E-state index contributed by atoms with van der Waals surface area (Å²) in [6.45, 7) is 1.58. The van der Waals surface area contributed by atoms with E-state index >= 15 is 0 Å². The fraction of sp³-hybridized carbons (Fsp3) is 0.263. The number of Topliss-reactive ketones (excluding diaryl/α,β-unsaturated/α-hetero) is 1. The van der Waals surface area contributed by atoms with E-state index < -0.39 is 30.1 Å². The van der Waals surface area contributed by atoms with E-state index in [1.54, 1.807) is 55.5 Å². The van der Waals surface area contributed by atoms with E-state index in [9.17, 15) is 18.4 Å². The molecule has 0 radical (unpaired) electrons. The van der Waals surface area contributed by atoms with E-state index in [1.165, 1.54) is 12.1 Å². The Balaban J connectivity index is 2.30. The van der Waals surface area contributed by atoms with E-state index in [1.807, 2.05) is 0 Å². The highest BCUT2D eigenvalue weighted by molar-refractivity contribution is 6.00. The monoisotopic (exact) mass is 347 g/mol. The zero-order valence-corrected chi connectivity index (χ0v) is 13.7. The van der Waals surface area contributed by atoms with Gasteiger partial charge in [0.15, 0.2) is 0 Å². The van der Waals surface area contributed by atoms with Gasteiger partial charge in [-0.25, -0.2) is 0 Å². The minimum Gasteiger partial charge on any atom is -0.466 e. The summed E-state index contributed by atoms with van der Waals surface area (Å²) in [4.78, 5) is 23.5. The molecule has 0 aromatic heterocycles. The maximum Gasteiger partial charge on any atom is 0.329 e. The van der Waals surface area contributed by atoms with Crippen LogP contribution in [0.1, 0.15) is 24.9 Å². The van der Waals surface area contributed by atoms with Crippen LogP contribution in [0, 0.1) is 0 Å². The number of para-hydroxylation sites is 1. The van der Waals surface area contributed by atoms with Gasteiger partial charge in [-0.3, -0.25) is 9.59 Å². The molecule has 0 aliphatic carbocycles.